The van der Waals surface area contributed by atoms with Crippen LogP contribution in [0.2, 0.25) is 0 Å². The normalized spacial score (nSPS) is 19.6. The number of carboxylic acid groups (broad SMARTS) is 1. The fraction of sp³-hybridized carbons (Fsp3) is 0.857. The van der Waals surface area contributed by atoms with Gasteiger partial charge in [0.05, 0.1) is 0 Å². The van der Waals surface area contributed by atoms with Crippen LogP contribution in [0.4, 0.5) is 4.79 Å². The second-order valence-electron chi connectivity index (χ2n) is 2.80. The zero-order valence-electron chi connectivity index (χ0n) is 6.87. The lowest BCUT2D eigenvalue weighted by Gasteiger charge is -2.32. The van der Waals surface area contributed by atoms with E-state index in [4.69, 9.17) is 16.7 Å². The minimum absolute atomic E-state index is 0.603. The van der Waals surface area contributed by atoms with E-state index in [-0.39, 0.29) is 0 Å². The van der Waals surface area contributed by atoms with E-state index < -0.39 is 6.09 Å². The molecule has 0 unspecified atom stereocenters. The maximum Gasteiger partial charge on any atom is 0.407 e. The van der Waals surface area contributed by atoms with Crippen molar-refractivity contribution in [3.05, 3.63) is 0 Å². The summed E-state index contributed by atoms with van der Waals surface area (Å²) in [5.41, 5.74) is 0. The van der Waals surface area contributed by atoms with Crippen LogP contribution in [-0.4, -0.2) is 59.6 Å². The Labute approximate surface area is 76.7 Å². The van der Waals surface area contributed by atoms with Crippen molar-refractivity contribution in [2.75, 3.05) is 38.6 Å². The Morgan fingerprint density at radius 1 is 1.33 bits per heavy atom. The van der Waals surface area contributed by atoms with Crippen molar-refractivity contribution in [3.63, 3.8) is 0 Å². The molecule has 1 heterocycles. The van der Waals surface area contributed by atoms with Crippen LogP contribution in [0, 0.1) is 0 Å². The number of rotatable bonds is 2. The summed E-state index contributed by atoms with van der Waals surface area (Å²) in [7, 11) is 0. The molecule has 0 bridgehead atoms. The third kappa shape index (κ3) is 2.53. The highest BCUT2D eigenvalue weighted by Crippen LogP contribution is 2.01. The molecule has 0 aromatic carbocycles. The average molecular weight is 193 g/mol. The molecule has 1 fully saturated rings. The third-order valence-corrected chi connectivity index (χ3v) is 2.21. The van der Waals surface area contributed by atoms with E-state index in [9.17, 15) is 4.79 Å². The lowest BCUT2D eigenvalue weighted by atomic mass is 10.3. The van der Waals surface area contributed by atoms with Crippen LogP contribution in [0.15, 0.2) is 0 Å². The maximum absolute atomic E-state index is 10.5. The van der Waals surface area contributed by atoms with Gasteiger partial charge >= 0.3 is 6.09 Å². The minimum atomic E-state index is -0.819. The summed E-state index contributed by atoms with van der Waals surface area (Å²) in [6, 6.07) is 0. The van der Waals surface area contributed by atoms with Crippen molar-refractivity contribution < 1.29 is 9.90 Å². The van der Waals surface area contributed by atoms with Gasteiger partial charge < -0.3 is 10.0 Å². The number of nitrogens with zero attached hydrogens (tertiary/aromatic N) is 2. The van der Waals surface area contributed by atoms with Gasteiger partial charge in [0.2, 0.25) is 0 Å². The number of alkyl halides is 1. The van der Waals surface area contributed by atoms with Crippen molar-refractivity contribution in [3.8, 4) is 0 Å². The standard InChI is InChI=1S/C7H13ClN2O2/c8-1-2-9-3-5-10(6-4-9)7(11)12/h1-6H2,(H,11,12). The van der Waals surface area contributed by atoms with Crippen molar-refractivity contribution in [2.45, 2.75) is 0 Å². The number of carbonyl (C=O) groups is 1. The zero-order valence-corrected chi connectivity index (χ0v) is 7.63. The molecule has 1 saturated heterocycles. The predicted octanol–water partition coefficient (Wildman–Crippen LogP) is 0.521. The molecule has 0 spiro atoms. The molecule has 0 aromatic heterocycles. The molecule has 12 heavy (non-hydrogen) atoms. The molecule has 0 radical (unpaired) electrons. The highest BCUT2D eigenvalue weighted by molar-refractivity contribution is 6.18. The van der Waals surface area contributed by atoms with Crippen LogP contribution in [0.5, 0.6) is 0 Å². The van der Waals surface area contributed by atoms with Gasteiger partial charge in [-0.2, -0.15) is 0 Å². The molecular formula is C7H13ClN2O2. The SMILES string of the molecule is O=C(O)N1CCN(CCCl)CC1. The molecule has 1 amide bonds. The van der Waals surface area contributed by atoms with E-state index in [2.05, 4.69) is 4.90 Å². The lowest BCUT2D eigenvalue weighted by molar-refractivity contribution is 0.108. The van der Waals surface area contributed by atoms with Gasteiger partial charge in [0, 0.05) is 38.6 Å². The van der Waals surface area contributed by atoms with E-state index in [0.29, 0.717) is 19.0 Å². The number of hydrogen-bond donors (Lipinski definition) is 1. The second kappa shape index (κ2) is 4.52. The van der Waals surface area contributed by atoms with Gasteiger partial charge in [0.25, 0.3) is 0 Å². The predicted molar refractivity (Wildman–Crippen MR) is 46.8 cm³/mol. The quantitative estimate of drug-likeness (QED) is 0.649. The first-order valence-electron chi connectivity index (χ1n) is 4.00. The molecule has 0 aliphatic carbocycles. The second-order valence-corrected chi connectivity index (χ2v) is 3.18. The Bertz CT molecular complexity index is 157. The fourth-order valence-electron chi connectivity index (χ4n) is 1.28. The number of amides is 1. The van der Waals surface area contributed by atoms with Gasteiger partial charge in [-0.1, -0.05) is 0 Å². The topological polar surface area (TPSA) is 43.8 Å². The van der Waals surface area contributed by atoms with Crippen LogP contribution < -0.4 is 0 Å². The fourth-order valence-corrected chi connectivity index (χ4v) is 1.52. The Hall–Kier alpha value is -0.480. The van der Waals surface area contributed by atoms with E-state index >= 15 is 0 Å². The molecule has 0 atom stereocenters. The van der Waals surface area contributed by atoms with E-state index in [1.54, 1.807) is 0 Å². The summed E-state index contributed by atoms with van der Waals surface area (Å²) in [5, 5.41) is 8.64. The molecule has 1 rings (SSSR count). The van der Waals surface area contributed by atoms with Gasteiger partial charge in [0.15, 0.2) is 0 Å². The molecule has 1 N–H and O–H groups in total. The van der Waals surface area contributed by atoms with Crippen molar-refractivity contribution >= 4 is 17.7 Å². The van der Waals surface area contributed by atoms with Crippen LogP contribution in [-0.2, 0) is 0 Å². The smallest absolute Gasteiger partial charge is 0.407 e. The van der Waals surface area contributed by atoms with E-state index in [1.807, 2.05) is 0 Å². The summed E-state index contributed by atoms with van der Waals surface area (Å²) in [6.45, 7) is 3.67. The van der Waals surface area contributed by atoms with Crippen molar-refractivity contribution in [1.82, 2.24) is 9.80 Å². The first kappa shape index (κ1) is 9.61. The highest BCUT2D eigenvalue weighted by atomic mass is 35.5. The van der Waals surface area contributed by atoms with Gasteiger partial charge in [-0.25, -0.2) is 4.79 Å². The van der Waals surface area contributed by atoms with Crippen LogP contribution in [0.1, 0.15) is 0 Å². The van der Waals surface area contributed by atoms with Crippen molar-refractivity contribution in [1.29, 1.82) is 0 Å². The average Bonchev–Trinajstić information content (AvgIpc) is 2.06. The molecule has 0 saturated carbocycles. The van der Waals surface area contributed by atoms with Gasteiger partial charge in [-0.05, 0) is 0 Å². The summed E-state index contributed by atoms with van der Waals surface area (Å²) in [6.07, 6.45) is -0.819. The molecule has 1 aliphatic heterocycles. The van der Waals surface area contributed by atoms with Crippen molar-refractivity contribution in [2.24, 2.45) is 0 Å². The maximum atomic E-state index is 10.5. The Balaban J connectivity index is 2.25. The molecule has 1 aliphatic rings. The molecular weight excluding hydrogens is 180 g/mol. The molecule has 70 valence electrons. The molecule has 4 nitrogen and oxygen atoms in total. The molecule has 0 aromatic rings. The Morgan fingerprint density at radius 2 is 1.92 bits per heavy atom. The van der Waals surface area contributed by atoms with Gasteiger partial charge in [-0.15, -0.1) is 11.6 Å². The summed E-state index contributed by atoms with van der Waals surface area (Å²) in [5.74, 6) is 0.618. The first-order chi connectivity index (χ1) is 5.74. The Morgan fingerprint density at radius 3 is 2.33 bits per heavy atom. The monoisotopic (exact) mass is 192 g/mol. The van der Waals surface area contributed by atoms with Gasteiger partial charge in [-0.3, -0.25) is 4.90 Å². The lowest BCUT2D eigenvalue weighted by Crippen LogP contribution is -2.48. The van der Waals surface area contributed by atoms with E-state index in [1.165, 1.54) is 4.90 Å². The highest BCUT2D eigenvalue weighted by Gasteiger charge is 2.19. The zero-order chi connectivity index (χ0) is 8.97. The molecule has 5 heteroatoms. The van der Waals surface area contributed by atoms with E-state index in [0.717, 1.165) is 19.6 Å². The minimum Gasteiger partial charge on any atom is -0.465 e. The Kier molecular flexibility index (Phi) is 3.62. The third-order valence-electron chi connectivity index (χ3n) is 2.04. The number of piperazine rings is 1. The number of halogens is 1. The number of hydrogen-bond acceptors (Lipinski definition) is 2. The largest absolute Gasteiger partial charge is 0.465 e. The first-order valence-corrected chi connectivity index (χ1v) is 4.53. The summed E-state index contributed by atoms with van der Waals surface area (Å²) < 4.78 is 0. The van der Waals surface area contributed by atoms with Crippen LogP contribution in [0.25, 0.3) is 0 Å². The van der Waals surface area contributed by atoms with Gasteiger partial charge in [0.1, 0.15) is 0 Å². The summed E-state index contributed by atoms with van der Waals surface area (Å²) >= 11 is 5.56. The summed E-state index contributed by atoms with van der Waals surface area (Å²) in [4.78, 5) is 14.1. The van der Waals surface area contributed by atoms with Crippen LogP contribution in [0.3, 0.4) is 0 Å². The van der Waals surface area contributed by atoms with Crippen LogP contribution >= 0.6 is 11.6 Å².